The maximum atomic E-state index is 11.6. The van der Waals surface area contributed by atoms with Crippen LogP contribution in [0.4, 0.5) is 5.69 Å². The number of carbonyl (C=O) groups excluding carboxylic acids is 1. The molecule has 0 spiro atoms. The molecule has 0 fully saturated rings. The van der Waals surface area contributed by atoms with Gasteiger partial charge in [0, 0.05) is 6.42 Å². The second kappa shape index (κ2) is 5.08. The molecule has 4 heteroatoms. The Balaban J connectivity index is 2.18. The molecule has 0 bridgehead atoms. The highest BCUT2D eigenvalue weighted by atomic mass is 16.6. The summed E-state index contributed by atoms with van der Waals surface area (Å²) >= 11 is 0. The Morgan fingerprint density at radius 2 is 2.35 bits per heavy atom. The highest BCUT2D eigenvalue weighted by Crippen LogP contribution is 2.38. The highest BCUT2D eigenvalue weighted by Gasteiger charge is 2.20. The fraction of sp³-hybridized carbons (Fsp3) is 0.462. The Morgan fingerprint density at radius 1 is 1.53 bits per heavy atom. The maximum absolute atomic E-state index is 11.6. The zero-order valence-corrected chi connectivity index (χ0v) is 10.2. The maximum Gasteiger partial charge on any atom is 0.224 e. The lowest BCUT2D eigenvalue weighted by molar-refractivity contribution is -0.116. The topological polar surface area (TPSA) is 47.6 Å². The first-order valence-electron chi connectivity index (χ1n) is 5.93. The number of ether oxygens (including phenoxy) is 2. The largest absolute Gasteiger partial charge is 0.484 e. The van der Waals surface area contributed by atoms with Gasteiger partial charge in [0.2, 0.25) is 5.91 Å². The summed E-state index contributed by atoms with van der Waals surface area (Å²) < 4.78 is 11.2. The van der Waals surface area contributed by atoms with Crippen molar-refractivity contribution in [3.8, 4) is 11.5 Å². The van der Waals surface area contributed by atoms with Gasteiger partial charge in [-0.2, -0.15) is 0 Å². The smallest absolute Gasteiger partial charge is 0.224 e. The number of para-hydroxylation sites is 1. The summed E-state index contributed by atoms with van der Waals surface area (Å²) in [6, 6.07) is 5.52. The van der Waals surface area contributed by atoms with Crippen LogP contribution in [-0.4, -0.2) is 18.6 Å². The number of hydrogen-bond donors (Lipinski definition) is 1. The molecule has 0 saturated heterocycles. The molecule has 1 atom stereocenters. The van der Waals surface area contributed by atoms with Gasteiger partial charge >= 0.3 is 0 Å². The van der Waals surface area contributed by atoms with Crippen LogP contribution >= 0.6 is 0 Å². The number of carbonyl (C=O) groups is 1. The van der Waals surface area contributed by atoms with Crippen molar-refractivity contribution in [3.05, 3.63) is 18.2 Å². The number of rotatable bonds is 3. The van der Waals surface area contributed by atoms with Gasteiger partial charge < -0.3 is 14.8 Å². The zero-order chi connectivity index (χ0) is 12.3. The third-order valence-electron chi connectivity index (χ3n) is 2.52. The van der Waals surface area contributed by atoms with Crippen LogP contribution in [0, 0.1) is 0 Å². The number of benzene rings is 1. The van der Waals surface area contributed by atoms with E-state index in [1.54, 1.807) is 0 Å². The summed E-state index contributed by atoms with van der Waals surface area (Å²) in [5.74, 6) is 1.33. The summed E-state index contributed by atoms with van der Waals surface area (Å²) in [5, 5.41) is 2.84. The third kappa shape index (κ3) is 2.70. The molecule has 1 aromatic rings. The van der Waals surface area contributed by atoms with Crippen molar-refractivity contribution in [2.24, 2.45) is 0 Å². The van der Waals surface area contributed by atoms with E-state index in [4.69, 9.17) is 9.47 Å². The van der Waals surface area contributed by atoms with Gasteiger partial charge in [0.25, 0.3) is 0 Å². The van der Waals surface area contributed by atoms with Crippen molar-refractivity contribution in [2.75, 3.05) is 11.9 Å². The van der Waals surface area contributed by atoms with Crippen molar-refractivity contribution < 1.29 is 14.3 Å². The number of nitrogens with one attached hydrogen (secondary N) is 1. The first-order valence-corrected chi connectivity index (χ1v) is 5.93. The molecule has 0 aromatic heterocycles. The van der Waals surface area contributed by atoms with E-state index in [1.807, 2.05) is 32.0 Å². The predicted molar refractivity (Wildman–Crippen MR) is 65.6 cm³/mol. The van der Waals surface area contributed by atoms with Crippen molar-refractivity contribution in [3.63, 3.8) is 0 Å². The van der Waals surface area contributed by atoms with Gasteiger partial charge in [-0.25, -0.2) is 0 Å². The van der Waals surface area contributed by atoms with Crippen molar-refractivity contribution in [1.82, 2.24) is 0 Å². The van der Waals surface area contributed by atoms with Gasteiger partial charge in [-0.15, -0.1) is 0 Å². The molecule has 0 aliphatic carbocycles. The Hall–Kier alpha value is -1.71. The lowest BCUT2D eigenvalue weighted by Gasteiger charge is -2.25. The molecular weight excluding hydrogens is 218 g/mol. The van der Waals surface area contributed by atoms with E-state index in [0.717, 1.165) is 6.42 Å². The minimum Gasteiger partial charge on any atom is -0.484 e. The van der Waals surface area contributed by atoms with Gasteiger partial charge in [0.05, 0.1) is 5.69 Å². The Kier molecular flexibility index (Phi) is 3.52. The molecule has 1 heterocycles. The number of anilines is 1. The quantitative estimate of drug-likeness (QED) is 0.876. The average Bonchev–Trinajstić information content (AvgIpc) is 2.29. The third-order valence-corrected chi connectivity index (χ3v) is 2.52. The summed E-state index contributed by atoms with van der Waals surface area (Å²) in [6.07, 6.45) is 1.39. The van der Waals surface area contributed by atoms with Gasteiger partial charge in [-0.05, 0) is 25.5 Å². The van der Waals surface area contributed by atoms with Crippen molar-refractivity contribution >= 4 is 11.6 Å². The fourth-order valence-corrected chi connectivity index (χ4v) is 1.75. The lowest BCUT2D eigenvalue weighted by atomic mass is 10.2. The standard InChI is InChI=1S/C13H17NO3/c1-3-5-12(15)14-10-6-4-7-11-13(10)16-8-9(2)17-11/h4,6-7,9H,3,5,8H2,1-2H3,(H,14,15). The van der Waals surface area contributed by atoms with Crippen LogP contribution in [0.3, 0.4) is 0 Å². The SMILES string of the molecule is CCCC(=O)Nc1cccc2c1OCC(C)O2. The van der Waals surface area contributed by atoms with E-state index in [2.05, 4.69) is 5.32 Å². The Bertz CT molecular complexity index is 417. The number of hydrogen-bond acceptors (Lipinski definition) is 3. The molecule has 1 unspecified atom stereocenters. The van der Waals surface area contributed by atoms with Crippen LogP contribution in [0.15, 0.2) is 18.2 Å². The van der Waals surface area contributed by atoms with Crippen LogP contribution in [0.5, 0.6) is 11.5 Å². The molecule has 4 nitrogen and oxygen atoms in total. The van der Waals surface area contributed by atoms with Crippen molar-refractivity contribution in [1.29, 1.82) is 0 Å². The predicted octanol–water partition coefficient (Wildman–Crippen LogP) is 2.58. The number of fused-ring (bicyclic) bond motifs is 1. The molecule has 1 aliphatic heterocycles. The monoisotopic (exact) mass is 235 g/mol. The lowest BCUT2D eigenvalue weighted by Crippen LogP contribution is -2.26. The van der Waals surface area contributed by atoms with Crippen molar-refractivity contribution in [2.45, 2.75) is 32.8 Å². The summed E-state index contributed by atoms with van der Waals surface area (Å²) in [6.45, 7) is 4.43. The molecule has 1 aliphatic rings. The second-order valence-corrected chi connectivity index (χ2v) is 4.17. The Morgan fingerprint density at radius 3 is 3.12 bits per heavy atom. The van der Waals surface area contributed by atoms with Crippen LogP contribution in [0.2, 0.25) is 0 Å². The van der Waals surface area contributed by atoms with Gasteiger partial charge in [-0.3, -0.25) is 4.79 Å². The van der Waals surface area contributed by atoms with Gasteiger partial charge in [0.15, 0.2) is 11.5 Å². The van der Waals surface area contributed by atoms with Crippen LogP contribution in [0.25, 0.3) is 0 Å². The summed E-state index contributed by atoms with van der Waals surface area (Å²) in [5.41, 5.74) is 0.688. The van der Waals surface area contributed by atoms with E-state index in [0.29, 0.717) is 30.2 Å². The minimum atomic E-state index is 0.00289. The molecule has 0 radical (unpaired) electrons. The van der Waals surface area contributed by atoms with Gasteiger partial charge in [-0.1, -0.05) is 13.0 Å². The fourth-order valence-electron chi connectivity index (χ4n) is 1.75. The minimum absolute atomic E-state index is 0.00289. The molecule has 2 rings (SSSR count). The Labute approximate surface area is 101 Å². The zero-order valence-electron chi connectivity index (χ0n) is 10.2. The van der Waals surface area contributed by atoms with E-state index in [-0.39, 0.29) is 12.0 Å². The molecule has 92 valence electrons. The second-order valence-electron chi connectivity index (χ2n) is 4.17. The highest BCUT2D eigenvalue weighted by molar-refractivity contribution is 5.92. The van der Waals surface area contributed by atoms with Crippen LogP contribution < -0.4 is 14.8 Å². The van der Waals surface area contributed by atoms with Gasteiger partial charge in [0.1, 0.15) is 12.7 Å². The van der Waals surface area contributed by atoms with E-state index < -0.39 is 0 Å². The molecule has 1 amide bonds. The number of amides is 1. The molecular formula is C13H17NO3. The first-order chi connectivity index (χ1) is 8.20. The molecule has 17 heavy (non-hydrogen) atoms. The van der Waals surface area contributed by atoms with E-state index in [1.165, 1.54) is 0 Å². The first kappa shape index (κ1) is 11.8. The normalized spacial score (nSPS) is 17.6. The molecule has 1 aromatic carbocycles. The van der Waals surface area contributed by atoms with E-state index in [9.17, 15) is 4.79 Å². The van der Waals surface area contributed by atoms with Crippen LogP contribution in [-0.2, 0) is 4.79 Å². The van der Waals surface area contributed by atoms with Crippen LogP contribution in [0.1, 0.15) is 26.7 Å². The summed E-state index contributed by atoms with van der Waals surface area (Å²) in [4.78, 5) is 11.6. The summed E-state index contributed by atoms with van der Waals surface area (Å²) in [7, 11) is 0. The average molecular weight is 235 g/mol. The van der Waals surface area contributed by atoms with E-state index >= 15 is 0 Å². The molecule has 0 saturated carbocycles. The molecule has 1 N–H and O–H groups in total.